The second kappa shape index (κ2) is 6.73. The Morgan fingerprint density at radius 2 is 2.06 bits per heavy atom. The third-order valence-electron chi connectivity index (χ3n) is 4.23. The Kier molecular flexibility index (Phi) is 5.89. The number of rotatable bonds is 1. The molecule has 2 fully saturated rings. The molecule has 1 aliphatic carbocycles. The Morgan fingerprint density at radius 3 is 2.72 bits per heavy atom. The number of hydrogen-bond acceptors (Lipinski definition) is 3. The molecule has 4 unspecified atom stereocenters. The minimum absolute atomic E-state index is 0. The molecular formula is C13H25ClN2O2. The van der Waals surface area contributed by atoms with Crippen molar-refractivity contribution in [3.05, 3.63) is 0 Å². The number of halogens is 1. The first-order valence-electron chi connectivity index (χ1n) is 6.77. The van der Waals surface area contributed by atoms with Crippen LogP contribution in [0.25, 0.3) is 0 Å². The lowest BCUT2D eigenvalue weighted by Gasteiger charge is -2.40. The van der Waals surface area contributed by atoms with Gasteiger partial charge >= 0.3 is 0 Å². The van der Waals surface area contributed by atoms with Crippen LogP contribution in [-0.4, -0.2) is 42.1 Å². The van der Waals surface area contributed by atoms with Crippen LogP contribution in [0.1, 0.15) is 39.5 Å². The lowest BCUT2D eigenvalue weighted by molar-refractivity contribution is -0.149. The SMILES string of the molecule is CC1OCCN(C(=O)C2CCCC(N)C2)C1C.Cl. The number of carbonyl (C=O) groups is 1. The van der Waals surface area contributed by atoms with Crippen LogP contribution in [0.2, 0.25) is 0 Å². The fourth-order valence-corrected chi connectivity index (χ4v) is 2.93. The fourth-order valence-electron chi connectivity index (χ4n) is 2.93. The van der Waals surface area contributed by atoms with Gasteiger partial charge in [-0.15, -0.1) is 12.4 Å². The van der Waals surface area contributed by atoms with Crippen LogP contribution in [0, 0.1) is 5.92 Å². The maximum Gasteiger partial charge on any atom is 0.226 e. The first-order valence-corrected chi connectivity index (χ1v) is 6.77. The minimum atomic E-state index is 0. The Hall–Kier alpha value is -0.320. The number of carbonyl (C=O) groups excluding carboxylic acids is 1. The van der Waals surface area contributed by atoms with Gasteiger partial charge in [0.05, 0.1) is 18.8 Å². The summed E-state index contributed by atoms with van der Waals surface area (Å²) in [6.07, 6.45) is 4.16. The molecule has 18 heavy (non-hydrogen) atoms. The summed E-state index contributed by atoms with van der Waals surface area (Å²) in [4.78, 5) is 14.5. The third-order valence-corrected chi connectivity index (χ3v) is 4.23. The van der Waals surface area contributed by atoms with E-state index in [1.807, 2.05) is 11.8 Å². The lowest BCUT2D eigenvalue weighted by Crippen LogP contribution is -2.53. The summed E-state index contributed by atoms with van der Waals surface area (Å²) in [5, 5.41) is 0. The Morgan fingerprint density at radius 1 is 1.33 bits per heavy atom. The highest BCUT2D eigenvalue weighted by molar-refractivity contribution is 5.85. The molecule has 0 aromatic heterocycles. The molecule has 1 saturated carbocycles. The van der Waals surface area contributed by atoms with Crippen LogP contribution in [0.3, 0.4) is 0 Å². The lowest BCUT2D eigenvalue weighted by atomic mass is 9.85. The van der Waals surface area contributed by atoms with E-state index in [0.29, 0.717) is 12.5 Å². The van der Waals surface area contributed by atoms with Gasteiger partial charge in [0.15, 0.2) is 0 Å². The second-order valence-electron chi connectivity index (χ2n) is 5.47. The highest BCUT2D eigenvalue weighted by atomic mass is 35.5. The van der Waals surface area contributed by atoms with Crippen molar-refractivity contribution in [1.29, 1.82) is 0 Å². The molecule has 1 saturated heterocycles. The zero-order valence-corrected chi connectivity index (χ0v) is 12.1. The van der Waals surface area contributed by atoms with E-state index in [0.717, 1.165) is 32.2 Å². The van der Waals surface area contributed by atoms with E-state index in [9.17, 15) is 4.79 Å². The number of hydrogen-bond donors (Lipinski definition) is 1. The van der Waals surface area contributed by atoms with Crippen molar-refractivity contribution >= 4 is 18.3 Å². The highest BCUT2D eigenvalue weighted by Crippen LogP contribution is 2.27. The van der Waals surface area contributed by atoms with Gasteiger partial charge in [0.2, 0.25) is 5.91 Å². The Bertz CT molecular complexity index is 288. The van der Waals surface area contributed by atoms with Crippen molar-refractivity contribution in [3.63, 3.8) is 0 Å². The minimum Gasteiger partial charge on any atom is -0.375 e. The van der Waals surface area contributed by atoms with Gasteiger partial charge < -0.3 is 15.4 Å². The van der Waals surface area contributed by atoms with Gasteiger partial charge in [0.1, 0.15) is 0 Å². The summed E-state index contributed by atoms with van der Waals surface area (Å²) < 4.78 is 5.56. The smallest absolute Gasteiger partial charge is 0.226 e. The molecule has 0 aromatic carbocycles. The number of nitrogens with two attached hydrogens (primary N) is 1. The predicted octanol–water partition coefficient (Wildman–Crippen LogP) is 1.56. The van der Waals surface area contributed by atoms with E-state index in [1.165, 1.54) is 0 Å². The summed E-state index contributed by atoms with van der Waals surface area (Å²) in [5.74, 6) is 0.439. The molecule has 1 aliphatic heterocycles. The molecule has 2 N–H and O–H groups in total. The molecule has 0 bridgehead atoms. The van der Waals surface area contributed by atoms with E-state index in [4.69, 9.17) is 10.5 Å². The zero-order chi connectivity index (χ0) is 12.4. The maximum absolute atomic E-state index is 12.5. The molecule has 0 aromatic rings. The van der Waals surface area contributed by atoms with Gasteiger partial charge in [-0.3, -0.25) is 4.79 Å². The molecule has 4 atom stereocenters. The normalized spacial score (nSPS) is 36.9. The molecule has 1 amide bonds. The largest absolute Gasteiger partial charge is 0.375 e. The number of nitrogens with zero attached hydrogens (tertiary/aromatic N) is 1. The molecule has 0 radical (unpaired) electrons. The number of amides is 1. The molecule has 106 valence electrons. The fraction of sp³-hybridized carbons (Fsp3) is 0.923. The van der Waals surface area contributed by atoms with Crippen molar-refractivity contribution < 1.29 is 9.53 Å². The molecule has 2 aliphatic rings. The van der Waals surface area contributed by atoms with Crippen molar-refractivity contribution in [3.8, 4) is 0 Å². The van der Waals surface area contributed by atoms with Crippen LogP contribution in [0.4, 0.5) is 0 Å². The van der Waals surface area contributed by atoms with Gasteiger partial charge in [0.25, 0.3) is 0 Å². The van der Waals surface area contributed by atoms with Gasteiger partial charge in [-0.25, -0.2) is 0 Å². The summed E-state index contributed by atoms with van der Waals surface area (Å²) in [6.45, 7) is 5.51. The summed E-state index contributed by atoms with van der Waals surface area (Å²) in [7, 11) is 0. The zero-order valence-electron chi connectivity index (χ0n) is 11.3. The van der Waals surface area contributed by atoms with E-state index in [-0.39, 0.29) is 36.5 Å². The first-order chi connectivity index (χ1) is 8.09. The highest BCUT2D eigenvalue weighted by Gasteiger charge is 2.34. The molecule has 2 rings (SSSR count). The quantitative estimate of drug-likeness (QED) is 0.791. The number of ether oxygens (including phenoxy) is 1. The topological polar surface area (TPSA) is 55.6 Å². The molecule has 0 spiro atoms. The van der Waals surface area contributed by atoms with Crippen molar-refractivity contribution in [2.75, 3.05) is 13.2 Å². The van der Waals surface area contributed by atoms with Crippen LogP contribution >= 0.6 is 12.4 Å². The predicted molar refractivity (Wildman–Crippen MR) is 73.8 cm³/mol. The first kappa shape index (κ1) is 15.7. The number of morpholine rings is 1. The van der Waals surface area contributed by atoms with E-state index >= 15 is 0 Å². The monoisotopic (exact) mass is 276 g/mol. The molecule has 4 nitrogen and oxygen atoms in total. The van der Waals surface area contributed by atoms with Gasteiger partial charge in [0, 0.05) is 18.5 Å². The van der Waals surface area contributed by atoms with Gasteiger partial charge in [-0.1, -0.05) is 6.42 Å². The average molecular weight is 277 g/mol. The van der Waals surface area contributed by atoms with Crippen molar-refractivity contribution in [2.24, 2.45) is 11.7 Å². The van der Waals surface area contributed by atoms with Crippen molar-refractivity contribution in [2.45, 2.75) is 57.7 Å². The standard InChI is InChI=1S/C13H24N2O2.ClH/c1-9-10(2)17-7-6-15(9)13(16)11-4-3-5-12(14)8-11;/h9-12H,3-8,14H2,1-2H3;1H. The van der Waals surface area contributed by atoms with E-state index in [1.54, 1.807) is 0 Å². The van der Waals surface area contributed by atoms with Crippen molar-refractivity contribution in [1.82, 2.24) is 4.90 Å². The van der Waals surface area contributed by atoms with Gasteiger partial charge in [-0.2, -0.15) is 0 Å². The van der Waals surface area contributed by atoms with E-state index < -0.39 is 0 Å². The molecule has 1 heterocycles. The summed E-state index contributed by atoms with van der Waals surface area (Å²) >= 11 is 0. The van der Waals surface area contributed by atoms with Crippen LogP contribution in [0.5, 0.6) is 0 Å². The maximum atomic E-state index is 12.5. The Labute approximate surface area is 116 Å². The summed E-state index contributed by atoms with van der Waals surface area (Å²) in [5.41, 5.74) is 5.96. The van der Waals surface area contributed by atoms with Gasteiger partial charge in [-0.05, 0) is 33.1 Å². The Balaban J connectivity index is 0.00000162. The average Bonchev–Trinajstić information content (AvgIpc) is 2.32. The third kappa shape index (κ3) is 3.37. The second-order valence-corrected chi connectivity index (χ2v) is 5.47. The summed E-state index contributed by atoms with van der Waals surface area (Å²) in [6, 6.07) is 0.404. The van der Waals surface area contributed by atoms with Crippen LogP contribution in [0.15, 0.2) is 0 Å². The molecular weight excluding hydrogens is 252 g/mol. The van der Waals surface area contributed by atoms with E-state index in [2.05, 4.69) is 6.92 Å². The molecule has 5 heteroatoms. The van der Waals surface area contributed by atoms with Crippen LogP contribution < -0.4 is 5.73 Å². The van der Waals surface area contributed by atoms with Crippen LogP contribution in [-0.2, 0) is 9.53 Å².